The highest BCUT2D eigenvalue weighted by Gasteiger charge is 2.13. The standard InChI is InChI=1S/C11H16O/c1-3-6-10-7-4-5-8-11(10)9(2)12/h3,6H,4-5,7-8H2,1-2H3/b6-3+. The lowest BCUT2D eigenvalue weighted by Gasteiger charge is -2.15. The molecule has 0 aromatic heterocycles. The highest BCUT2D eigenvalue weighted by atomic mass is 16.1. The van der Waals surface area contributed by atoms with E-state index < -0.39 is 0 Å². The Kier molecular flexibility index (Phi) is 3.27. The summed E-state index contributed by atoms with van der Waals surface area (Å²) in [6.07, 6.45) is 8.57. The minimum Gasteiger partial charge on any atom is -0.295 e. The molecule has 0 N–H and O–H groups in total. The van der Waals surface area contributed by atoms with Gasteiger partial charge in [0.05, 0.1) is 0 Å². The molecule has 1 heteroatoms. The molecule has 0 fully saturated rings. The molecular formula is C11H16O. The smallest absolute Gasteiger partial charge is 0.156 e. The van der Waals surface area contributed by atoms with Gasteiger partial charge in [-0.1, -0.05) is 12.2 Å². The predicted molar refractivity (Wildman–Crippen MR) is 51.0 cm³/mol. The summed E-state index contributed by atoms with van der Waals surface area (Å²) < 4.78 is 0. The fourth-order valence-corrected chi connectivity index (χ4v) is 1.72. The second-order valence-electron chi connectivity index (χ2n) is 3.27. The first kappa shape index (κ1) is 9.24. The number of carbonyl (C=O) groups is 1. The van der Waals surface area contributed by atoms with Gasteiger partial charge in [0.25, 0.3) is 0 Å². The van der Waals surface area contributed by atoms with Crippen molar-refractivity contribution in [3.63, 3.8) is 0 Å². The van der Waals surface area contributed by atoms with Gasteiger partial charge in [0.15, 0.2) is 5.78 Å². The van der Waals surface area contributed by atoms with Crippen LogP contribution in [0.1, 0.15) is 39.5 Å². The van der Waals surface area contributed by atoms with Crippen LogP contribution in [0.3, 0.4) is 0 Å². The minimum atomic E-state index is 0.253. The topological polar surface area (TPSA) is 17.1 Å². The van der Waals surface area contributed by atoms with E-state index in [1.54, 1.807) is 6.92 Å². The molecule has 0 saturated heterocycles. The van der Waals surface area contributed by atoms with Crippen LogP contribution in [0, 0.1) is 0 Å². The van der Waals surface area contributed by atoms with E-state index in [0.29, 0.717) is 0 Å². The van der Waals surface area contributed by atoms with E-state index in [1.165, 1.54) is 18.4 Å². The summed E-state index contributed by atoms with van der Waals surface area (Å²) in [6.45, 7) is 3.67. The molecule has 0 aliphatic heterocycles. The van der Waals surface area contributed by atoms with Crippen molar-refractivity contribution in [1.29, 1.82) is 0 Å². The SMILES string of the molecule is C/C=C/C1=C(C(C)=O)CCCC1. The summed E-state index contributed by atoms with van der Waals surface area (Å²) in [5.74, 6) is 0.253. The molecule has 12 heavy (non-hydrogen) atoms. The first-order valence-corrected chi connectivity index (χ1v) is 4.61. The molecule has 0 saturated carbocycles. The maximum absolute atomic E-state index is 11.2. The van der Waals surface area contributed by atoms with E-state index in [-0.39, 0.29) is 5.78 Å². The van der Waals surface area contributed by atoms with Crippen LogP contribution in [0.5, 0.6) is 0 Å². The minimum absolute atomic E-state index is 0.253. The lowest BCUT2D eigenvalue weighted by Crippen LogP contribution is -2.05. The molecular weight excluding hydrogens is 148 g/mol. The van der Waals surface area contributed by atoms with Crippen molar-refractivity contribution in [1.82, 2.24) is 0 Å². The molecule has 0 aromatic carbocycles. The molecule has 0 bridgehead atoms. The van der Waals surface area contributed by atoms with Crippen LogP contribution < -0.4 is 0 Å². The van der Waals surface area contributed by atoms with Crippen LogP contribution in [0.15, 0.2) is 23.3 Å². The third-order valence-electron chi connectivity index (χ3n) is 2.30. The molecule has 1 rings (SSSR count). The van der Waals surface area contributed by atoms with Gasteiger partial charge in [-0.3, -0.25) is 4.79 Å². The van der Waals surface area contributed by atoms with Crippen LogP contribution in [0.2, 0.25) is 0 Å². The molecule has 0 aromatic rings. The lowest BCUT2D eigenvalue weighted by atomic mass is 9.89. The van der Waals surface area contributed by atoms with Crippen molar-refractivity contribution in [2.75, 3.05) is 0 Å². The highest BCUT2D eigenvalue weighted by molar-refractivity contribution is 5.94. The molecule has 0 heterocycles. The van der Waals surface area contributed by atoms with Crippen LogP contribution >= 0.6 is 0 Å². The van der Waals surface area contributed by atoms with Gasteiger partial charge >= 0.3 is 0 Å². The van der Waals surface area contributed by atoms with Crippen molar-refractivity contribution in [3.8, 4) is 0 Å². The summed E-state index contributed by atoms with van der Waals surface area (Å²) in [5, 5.41) is 0. The second kappa shape index (κ2) is 4.24. The molecule has 0 amide bonds. The number of rotatable bonds is 2. The van der Waals surface area contributed by atoms with Crippen LogP contribution in [-0.2, 0) is 4.79 Å². The van der Waals surface area contributed by atoms with Crippen LogP contribution in [0.4, 0.5) is 0 Å². The first-order chi connectivity index (χ1) is 5.75. The van der Waals surface area contributed by atoms with Crippen LogP contribution in [-0.4, -0.2) is 5.78 Å². The van der Waals surface area contributed by atoms with E-state index in [0.717, 1.165) is 18.4 Å². The lowest BCUT2D eigenvalue weighted by molar-refractivity contribution is -0.113. The molecule has 66 valence electrons. The average Bonchev–Trinajstić information content (AvgIpc) is 2.05. The zero-order valence-electron chi connectivity index (χ0n) is 7.89. The Balaban J connectivity index is 2.90. The fraction of sp³-hybridized carbons (Fsp3) is 0.545. The summed E-state index contributed by atoms with van der Waals surface area (Å²) in [7, 11) is 0. The Morgan fingerprint density at radius 1 is 1.33 bits per heavy atom. The number of carbonyl (C=O) groups excluding carboxylic acids is 1. The van der Waals surface area contributed by atoms with Crippen molar-refractivity contribution >= 4 is 5.78 Å². The van der Waals surface area contributed by atoms with E-state index in [1.807, 2.05) is 13.0 Å². The molecule has 0 radical (unpaired) electrons. The Labute approximate surface area is 74.2 Å². The number of hydrogen-bond donors (Lipinski definition) is 0. The van der Waals surface area contributed by atoms with Gasteiger partial charge in [-0.05, 0) is 50.7 Å². The zero-order valence-corrected chi connectivity index (χ0v) is 7.89. The maximum Gasteiger partial charge on any atom is 0.156 e. The van der Waals surface area contributed by atoms with Crippen molar-refractivity contribution in [3.05, 3.63) is 23.3 Å². The summed E-state index contributed by atoms with van der Waals surface area (Å²) in [5.41, 5.74) is 2.32. The number of ketones is 1. The van der Waals surface area contributed by atoms with Crippen molar-refractivity contribution in [2.24, 2.45) is 0 Å². The first-order valence-electron chi connectivity index (χ1n) is 4.61. The van der Waals surface area contributed by atoms with E-state index in [2.05, 4.69) is 6.08 Å². The van der Waals surface area contributed by atoms with Gasteiger partial charge in [0.2, 0.25) is 0 Å². The number of Topliss-reactive ketones (excluding diaryl/α,β-unsaturated/α-hetero) is 1. The molecule has 1 aliphatic carbocycles. The summed E-state index contributed by atoms with van der Waals surface area (Å²) >= 11 is 0. The summed E-state index contributed by atoms with van der Waals surface area (Å²) in [4.78, 5) is 11.2. The summed E-state index contributed by atoms with van der Waals surface area (Å²) in [6, 6.07) is 0. The van der Waals surface area contributed by atoms with Gasteiger partial charge in [-0.2, -0.15) is 0 Å². The van der Waals surface area contributed by atoms with E-state index in [9.17, 15) is 4.79 Å². The Hall–Kier alpha value is -0.850. The molecule has 1 aliphatic rings. The normalized spacial score (nSPS) is 18.8. The van der Waals surface area contributed by atoms with Gasteiger partial charge in [-0.25, -0.2) is 0 Å². The van der Waals surface area contributed by atoms with Gasteiger partial charge in [0, 0.05) is 0 Å². The predicted octanol–water partition coefficient (Wildman–Crippen LogP) is 3.02. The Bertz CT molecular complexity index is 233. The molecule has 0 atom stereocenters. The van der Waals surface area contributed by atoms with Gasteiger partial charge < -0.3 is 0 Å². The molecule has 1 nitrogen and oxygen atoms in total. The fourth-order valence-electron chi connectivity index (χ4n) is 1.72. The second-order valence-corrected chi connectivity index (χ2v) is 3.27. The van der Waals surface area contributed by atoms with Crippen LogP contribution in [0.25, 0.3) is 0 Å². The third kappa shape index (κ3) is 2.07. The number of hydrogen-bond acceptors (Lipinski definition) is 1. The number of allylic oxidation sites excluding steroid dienone is 4. The molecule has 0 spiro atoms. The van der Waals surface area contributed by atoms with E-state index in [4.69, 9.17) is 0 Å². The molecule has 0 unspecified atom stereocenters. The van der Waals surface area contributed by atoms with Crippen molar-refractivity contribution < 1.29 is 4.79 Å². The Morgan fingerprint density at radius 3 is 2.58 bits per heavy atom. The highest BCUT2D eigenvalue weighted by Crippen LogP contribution is 2.25. The average molecular weight is 164 g/mol. The van der Waals surface area contributed by atoms with Gasteiger partial charge in [-0.15, -0.1) is 0 Å². The quantitative estimate of drug-likeness (QED) is 0.613. The zero-order chi connectivity index (χ0) is 8.97. The van der Waals surface area contributed by atoms with Crippen molar-refractivity contribution in [2.45, 2.75) is 39.5 Å². The third-order valence-corrected chi connectivity index (χ3v) is 2.30. The van der Waals surface area contributed by atoms with Gasteiger partial charge in [0.1, 0.15) is 0 Å². The Morgan fingerprint density at radius 2 is 2.00 bits per heavy atom. The van der Waals surface area contributed by atoms with E-state index >= 15 is 0 Å². The largest absolute Gasteiger partial charge is 0.295 e. The monoisotopic (exact) mass is 164 g/mol. The maximum atomic E-state index is 11.2.